The Kier molecular flexibility index (Phi) is 3.60. The maximum atomic E-state index is 12.3. The zero-order valence-corrected chi connectivity index (χ0v) is 12.4. The second-order valence-electron chi connectivity index (χ2n) is 5.34. The summed E-state index contributed by atoms with van der Waals surface area (Å²) in [5, 5.41) is 1.11. The highest BCUT2D eigenvalue weighted by molar-refractivity contribution is 5.82. The zero-order valence-electron chi connectivity index (χ0n) is 12.4. The van der Waals surface area contributed by atoms with Crippen LogP contribution in [-0.2, 0) is 13.1 Å². The van der Waals surface area contributed by atoms with E-state index in [-0.39, 0.29) is 5.69 Å². The maximum absolute atomic E-state index is 12.3. The minimum Gasteiger partial charge on any atom is -0.299 e. The molecule has 0 N–H and O–H groups in total. The molecule has 0 aliphatic heterocycles. The number of hydrogen-bond donors (Lipinski definition) is 0. The molecular weight excluding hydrogens is 262 g/mol. The van der Waals surface area contributed by atoms with Gasteiger partial charge in [-0.3, -0.25) is 14.1 Å². The Hall–Kier alpha value is -2.36. The largest absolute Gasteiger partial charge is 0.328 e. The summed E-state index contributed by atoms with van der Waals surface area (Å²) in [5.74, 6) is 0. The van der Waals surface area contributed by atoms with Crippen LogP contribution < -0.4 is 5.69 Å². The van der Waals surface area contributed by atoms with Crippen LogP contribution in [0.4, 0.5) is 0 Å². The van der Waals surface area contributed by atoms with E-state index in [1.54, 1.807) is 9.13 Å². The van der Waals surface area contributed by atoms with E-state index in [2.05, 4.69) is 24.0 Å². The number of rotatable bonds is 4. The molecule has 2 aromatic heterocycles. The average Bonchev–Trinajstić information content (AvgIpc) is 2.81. The third-order valence-electron chi connectivity index (χ3n) is 3.65. The van der Waals surface area contributed by atoms with Gasteiger partial charge in [0.05, 0.1) is 12.1 Å². The second-order valence-corrected chi connectivity index (χ2v) is 5.34. The summed E-state index contributed by atoms with van der Waals surface area (Å²) in [6.45, 7) is 5.41. The van der Waals surface area contributed by atoms with Gasteiger partial charge in [0.2, 0.25) is 0 Å². The number of aromatic nitrogens is 3. The Morgan fingerprint density at radius 1 is 1.14 bits per heavy atom. The summed E-state index contributed by atoms with van der Waals surface area (Å²) >= 11 is 0. The molecule has 2 heterocycles. The van der Waals surface area contributed by atoms with E-state index in [9.17, 15) is 4.79 Å². The highest BCUT2D eigenvalue weighted by Gasteiger charge is 2.07. The molecule has 21 heavy (non-hydrogen) atoms. The van der Waals surface area contributed by atoms with Crippen molar-refractivity contribution >= 4 is 10.9 Å². The Balaban J connectivity index is 2.04. The van der Waals surface area contributed by atoms with Gasteiger partial charge in [0, 0.05) is 30.0 Å². The Morgan fingerprint density at radius 3 is 2.71 bits per heavy atom. The van der Waals surface area contributed by atoms with Crippen LogP contribution in [0.5, 0.6) is 0 Å². The van der Waals surface area contributed by atoms with Crippen molar-refractivity contribution in [3.8, 4) is 0 Å². The molecular formula is C17H19N3O. The van der Waals surface area contributed by atoms with Gasteiger partial charge >= 0.3 is 5.69 Å². The first-order valence-corrected chi connectivity index (χ1v) is 7.30. The normalized spacial score (nSPS) is 11.1. The molecule has 0 amide bonds. The van der Waals surface area contributed by atoms with Gasteiger partial charge < -0.3 is 0 Å². The summed E-state index contributed by atoms with van der Waals surface area (Å²) in [4.78, 5) is 16.8. The summed E-state index contributed by atoms with van der Waals surface area (Å²) in [6, 6.07) is 10.1. The lowest BCUT2D eigenvalue weighted by Gasteiger charge is -2.08. The van der Waals surface area contributed by atoms with Gasteiger partial charge in [-0.25, -0.2) is 4.79 Å². The molecule has 0 aliphatic carbocycles. The van der Waals surface area contributed by atoms with Crippen LogP contribution in [-0.4, -0.2) is 14.1 Å². The van der Waals surface area contributed by atoms with Crippen LogP contribution in [0.2, 0.25) is 0 Å². The average molecular weight is 281 g/mol. The summed E-state index contributed by atoms with van der Waals surface area (Å²) < 4.78 is 3.52. The second kappa shape index (κ2) is 5.56. The first-order chi connectivity index (χ1) is 10.2. The lowest BCUT2D eigenvalue weighted by atomic mass is 10.1. The SMILES string of the molecule is CCCn1ccn(Cc2cc(C)nc3ccccc23)c1=O. The van der Waals surface area contributed by atoms with Gasteiger partial charge in [0.25, 0.3) is 0 Å². The van der Waals surface area contributed by atoms with Gasteiger partial charge in [0.15, 0.2) is 0 Å². The lowest BCUT2D eigenvalue weighted by molar-refractivity contribution is 0.624. The van der Waals surface area contributed by atoms with Crippen LogP contribution in [0.25, 0.3) is 10.9 Å². The molecule has 0 fully saturated rings. The van der Waals surface area contributed by atoms with Crippen LogP contribution in [0, 0.1) is 6.92 Å². The number of benzene rings is 1. The quantitative estimate of drug-likeness (QED) is 0.737. The van der Waals surface area contributed by atoms with Crippen molar-refractivity contribution in [1.29, 1.82) is 0 Å². The maximum Gasteiger partial charge on any atom is 0.328 e. The van der Waals surface area contributed by atoms with Crippen molar-refractivity contribution in [3.63, 3.8) is 0 Å². The molecule has 3 rings (SSSR count). The smallest absolute Gasteiger partial charge is 0.299 e. The fraction of sp³-hybridized carbons (Fsp3) is 0.294. The number of aryl methyl sites for hydroxylation is 2. The van der Waals surface area contributed by atoms with Crippen molar-refractivity contribution in [2.45, 2.75) is 33.4 Å². The van der Waals surface area contributed by atoms with Crippen LogP contribution >= 0.6 is 0 Å². The van der Waals surface area contributed by atoms with Crippen molar-refractivity contribution in [1.82, 2.24) is 14.1 Å². The summed E-state index contributed by atoms with van der Waals surface area (Å²) in [5.41, 5.74) is 3.14. The van der Waals surface area contributed by atoms with Crippen molar-refractivity contribution in [2.24, 2.45) is 0 Å². The standard InChI is InChI=1S/C17H19N3O/c1-3-8-19-9-10-20(17(19)21)12-14-11-13(2)18-16-7-5-4-6-15(14)16/h4-7,9-11H,3,8,12H2,1-2H3. The number of fused-ring (bicyclic) bond motifs is 1. The van der Waals surface area contributed by atoms with Crippen LogP contribution in [0.3, 0.4) is 0 Å². The Labute approximate surface area is 123 Å². The molecule has 0 saturated carbocycles. The van der Waals surface area contributed by atoms with Crippen LogP contribution in [0.15, 0.2) is 47.5 Å². The molecule has 1 aromatic carbocycles. The molecule has 4 nitrogen and oxygen atoms in total. The zero-order chi connectivity index (χ0) is 14.8. The summed E-state index contributed by atoms with van der Waals surface area (Å²) in [6.07, 6.45) is 4.69. The van der Waals surface area contributed by atoms with Gasteiger partial charge in [-0.15, -0.1) is 0 Å². The lowest BCUT2D eigenvalue weighted by Crippen LogP contribution is -2.24. The Morgan fingerprint density at radius 2 is 1.90 bits per heavy atom. The monoisotopic (exact) mass is 281 g/mol. The third-order valence-corrected chi connectivity index (χ3v) is 3.65. The van der Waals surface area contributed by atoms with Gasteiger partial charge in [-0.2, -0.15) is 0 Å². The van der Waals surface area contributed by atoms with E-state index in [0.29, 0.717) is 6.54 Å². The predicted octanol–water partition coefficient (Wildman–Crippen LogP) is 2.96. The van der Waals surface area contributed by atoms with Gasteiger partial charge in [0.1, 0.15) is 0 Å². The molecule has 0 radical (unpaired) electrons. The summed E-state index contributed by atoms with van der Waals surface area (Å²) in [7, 11) is 0. The molecule has 0 bridgehead atoms. The Bertz CT molecular complexity index is 829. The molecule has 0 unspecified atom stereocenters. The van der Waals surface area contributed by atoms with E-state index in [1.165, 1.54) is 0 Å². The van der Waals surface area contributed by atoms with Gasteiger partial charge in [-0.05, 0) is 31.0 Å². The van der Waals surface area contributed by atoms with E-state index >= 15 is 0 Å². The molecule has 0 atom stereocenters. The first-order valence-electron chi connectivity index (χ1n) is 7.30. The van der Waals surface area contributed by atoms with E-state index in [4.69, 9.17) is 0 Å². The fourth-order valence-corrected chi connectivity index (χ4v) is 2.69. The van der Waals surface area contributed by atoms with Crippen molar-refractivity contribution < 1.29 is 0 Å². The van der Waals surface area contributed by atoms with E-state index < -0.39 is 0 Å². The van der Waals surface area contributed by atoms with E-state index in [1.807, 2.05) is 37.5 Å². The highest BCUT2D eigenvalue weighted by Crippen LogP contribution is 2.18. The molecule has 0 aliphatic rings. The van der Waals surface area contributed by atoms with Gasteiger partial charge in [-0.1, -0.05) is 25.1 Å². The molecule has 0 saturated heterocycles. The van der Waals surface area contributed by atoms with Crippen molar-refractivity contribution in [3.05, 3.63) is 64.5 Å². The molecule has 4 heteroatoms. The number of hydrogen-bond acceptors (Lipinski definition) is 2. The predicted molar refractivity (Wildman–Crippen MR) is 84.6 cm³/mol. The topological polar surface area (TPSA) is 39.8 Å². The number of pyridine rings is 1. The third kappa shape index (κ3) is 2.61. The number of para-hydroxylation sites is 1. The highest BCUT2D eigenvalue weighted by atomic mass is 16.1. The minimum absolute atomic E-state index is 0.0513. The molecule has 108 valence electrons. The van der Waals surface area contributed by atoms with Crippen molar-refractivity contribution in [2.75, 3.05) is 0 Å². The van der Waals surface area contributed by atoms with E-state index in [0.717, 1.165) is 35.1 Å². The number of imidazole rings is 1. The molecule has 3 aromatic rings. The number of nitrogens with zero attached hydrogens (tertiary/aromatic N) is 3. The first kappa shape index (κ1) is 13.6. The minimum atomic E-state index is 0.0513. The van der Waals surface area contributed by atoms with Crippen LogP contribution in [0.1, 0.15) is 24.6 Å². The fourth-order valence-electron chi connectivity index (χ4n) is 2.69. The molecule has 0 spiro atoms.